The van der Waals surface area contributed by atoms with Crippen molar-refractivity contribution in [2.45, 2.75) is 11.8 Å². The summed E-state index contributed by atoms with van der Waals surface area (Å²) in [6.45, 7) is 2.33. The molecule has 0 fully saturated rings. The molecule has 94 valence electrons. The lowest BCUT2D eigenvalue weighted by Gasteiger charge is -2.05. The second-order valence-corrected chi connectivity index (χ2v) is 5.46. The molecule has 0 saturated carbocycles. The number of ether oxygens (including phenoxy) is 1. The smallest absolute Gasteiger partial charge is 0.335 e. The topological polar surface area (TPSA) is 80.7 Å². The van der Waals surface area contributed by atoms with Crippen LogP contribution in [0.3, 0.4) is 0 Å². The Morgan fingerprint density at radius 1 is 1.41 bits per heavy atom. The molecule has 1 aromatic rings. The highest BCUT2D eigenvalue weighted by atomic mass is 32.2. The molecule has 0 unspecified atom stereocenters. The van der Waals surface area contributed by atoms with Crippen LogP contribution in [-0.2, 0) is 14.6 Å². The zero-order chi connectivity index (χ0) is 12.9. The van der Waals surface area contributed by atoms with E-state index in [0.29, 0.717) is 6.61 Å². The van der Waals surface area contributed by atoms with Crippen LogP contribution < -0.4 is 0 Å². The Bertz CT molecular complexity index is 492. The van der Waals surface area contributed by atoms with E-state index >= 15 is 0 Å². The van der Waals surface area contributed by atoms with Crippen molar-refractivity contribution in [3.05, 3.63) is 29.8 Å². The van der Waals surface area contributed by atoms with Gasteiger partial charge in [0.05, 0.1) is 22.8 Å². The van der Waals surface area contributed by atoms with Gasteiger partial charge in [0.1, 0.15) is 0 Å². The van der Waals surface area contributed by atoms with Crippen molar-refractivity contribution < 1.29 is 23.1 Å². The normalized spacial score (nSPS) is 11.4. The molecule has 0 aromatic heterocycles. The molecule has 0 heterocycles. The minimum absolute atomic E-state index is 0.0112. The second-order valence-electron chi connectivity index (χ2n) is 3.35. The summed E-state index contributed by atoms with van der Waals surface area (Å²) >= 11 is 0. The van der Waals surface area contributed by atoms with Crippen LogP contribution in [0.1, 0.15) is 17.3 Å². The lowest BCUT2D eigenvalue weighted by molar-refractivity contribution is 0.0696. The van der Waals surface area contributed by atoms with E-state index in [0.717, 1.165) is 6.07 Å². The molecule has 17 heavy (non-hydrogen) atoms. The summed E-state index contributed by atoms with van der Waals surface area (Å²) in [6.07, 6.45) is 0. The Kier molecular flexibility index (Phi) is 4.65. The van der Waals surface area contributed by atoms with Gasteiger partial charge in [-0.25, -0.2) is 13.2 Å². The molecule has 0 spiro atoms. The molecule has 0 amide bonds. The molecule has 6 heteroatoms. The van der Waals surface area contributed by atoms with E-state index in [9.17, 15) is 13.2 Å². The second kappa shape index (κ2) is 5.79. The maximum Gasteiger partial charge on any atom is 0.335 e. The summed E-state index contributed by atoms with van der Waals surface area (Å²) in [5.74, 6) is -1.30. The van der Waals surface area contributed by atoms with Crippen LogP contribution in [0.15, 0.2) is 29.2 Å². The highest BCUT2D eigenvalue weighted by Gasteiger charge is 2.15. The molecule has 0 saturated heterocycles. The lowest BCUT2D eigenvalue weighted by Crippen LogP contribution is -2.13. The fourth-order valence-electron chi connectivity index (χ4n) is 1.25. The summed E-state index contributed by atoms with van der Waals surface area (Å²) in [6, 6.07) is 5.30. The summed E-state index contributed by atoms with van der Waals surface area (Å²) in [4.78, 5) is 10.7. The maximum absolute atomic E-state index is 11.8. The van der Waals surface area contributed by atoms with Crippen LogP contribution in [0.4, 0.5) is 0 Å². The van der Waals surface area contributed by atoms with E-state index in [2.05, 4.69) is 0 Å². The number of hydrogen-bond donors (Lipinski definition) is 1. The van der Waals surface area contributed by atoms with Crippen molar-refractivity contribution in [1.29, 1.82) is 0 Å². The average molecular weight is 258 g/mol. The Balaban J connectivity index is 2.91. The molecule has 0 aliphatic carbocycles. The first-order chi connectivity index (χ1) is 7.97. The van der Waals surface area contributed by atoms with Gasteiger partial charge in [-0.2, -0.15) is 0 Å². The number of benzene rings is 1. The summed E-state index contributed by atoms with van der Waals surface area (Å²) in [7, 11) is -3.48. The molecule has 1 N–H and O–H groups in total. The predicted octanol–water partition coefficient (Wildman–Crippen LogP) is 1.20. The summed E-state index contributed by atoms with van der Waals surface area (Å²) in [5, 5.41) is 8.77. The molecule has 0 radical (unpaired) electrons. The number of sulfone groups is 1. The van der Waals surface area contributed by atoms with Crippen LogP contribution in [0.25, 0.3) is 0 Å². The zero-order valence-electron chi connectivity index (χ0n) is 9.42. The van der Waals surface area contributed by atoms with Gasteiger partial charge in [0.25, 0.3) is 0 Å². The highest BCUT2D eigenvalue weighted by Crippen LogP contribution is 2.13. The van der Waals surface area contributed by atoms with Crippen molar-refractivity contribution in [2.75, 3.05) is 19.0 Å². The van der Waals surface area contributed by atoms with Gasteiger partial charge in [-0.3, -0.25) is 0 Å². The van der Waals surface area contributed by atoms with Crippen molar-refractivity contribution in [2.24, 2.45) is 0 Å². The molecular formula is C11H14O5S. The third kappa shape index (κ3) is 3.83. The SMILES string of the molecule is CCOCCS(=O)(=O)c1cccc(C(=O)O)c1. The first-order valence-corrected chi connectivity index (χ1v) is 6.76. The fourth-order valence-corrected chi connectivity index (χ4v) is 2.42. The van der Waals surface area contributed by atoms with Gasteiger partial charge in [-0.05, 0) is 25.1 Å². The molecule has 0 aliphatic heterocycles. The number of carboxylic acids is 1. The molecule has 1 aromatic carbocycles. The fraction of sp³-hybridized carbons (Fsp3) is 0.364. The monoisotopic (exact) mass is 258 g/mol. The number of aromatic carboxylic acids is 1. The van der Waals surface area contributed by atoms with Gasteiger partial charge in [-0.1, -0.05) is 6.07 Å². The minimum atomic E-state index is -3.48. The van der Waals surface area contributed by atoms with Gasteiger partial charge in [0.15, 0.2) is 9.84 Å². The first-order valence-electron chi connectivity index (χ1n) is 5.11. The standard InChI is InChI=1S/C11H14O5S/c1-2-16-6-7-17(14,15)10-5-3-4-9(8-10)11(12)13/h3-5,8H,2,6-7H2,1H3,(H,12,13). The van der Waals surface area contributed by atoms with Gasteiger partial charge < -0.3 is 9.84 Å². The molecule has 0 bridgehead atoms. The van der Waals surface area contributed by atoms with Gasteiger partial charge in [-0.15, -0.1) is 0 Å². The average Bonchev–Trinajstić information content (AvgIpc) is 2.29. The lowest BCUT2D eigenvalue weighted by atomic mass is 10.2. The van der Waals surface area contributed by atoms with E-state index < -0.39 is 15.8 Å². The molecule has 0 aliphatic rings. The van der Waals surface area contributed by atoms with E-state index in [1.807, 2.05) is 0 Å². The first kappa shape index (κ1) is 13.7. The highest BCUT2D eigenvalue weighted by molar-refractivity contribution is 7.91. The van der Waals surface area contributed by atoms with Crippen LogP contribution in [0, 0.1) is 0 Å². The Labute approximate surface area is 100.0 Å². The number of rotatable bonds is 6. The summed E-state index contributed by atoms with van der Waals surface area (Å²) in [5.41, 5.74) is -0.0394. The Morgan fingerprint density at radius 2 is 2.12 bits per heavy atom. The maximum atomic E-state index is 11.8. The predicted molar refractivity (Wildman–Crippen MR) is 61.9 cm³/mol. The third-order valence-corrected chi connectivity index (χ3v) is 3.82. The van der Waals surface area contributed by atoms with E-state index in [1.165, 1.54) is 18.2 Å². The number of carbonyl (C=O) groups is 1. The van der Waals surface area contributed by atoms with Gasteiger partial charge in [0.2, 0.25) is 0 Å². The molecule has 1 rings (SSSR count). The Morgan fingerprint density at radius 3 is 2.71 bits per heavy atom. The quantitative estimate of drug-likeness (QED) is 0.775. The van der Waals surface area contributed by atoms with Crippen molar-refractivity contribution in [1.82, 2.24) is 0 Å². The van der Waals surface area contributed by atoms with Crippen molar-refractivity contribution >= 4 is 15.8 Å². The molecular weight excluding hydrogens is 244 g/mol. The number of carboxylic acid groups (broad SMARTS) is 1. The number of hydrogen-bond acceptors (Lipinski definition) is 4. The minimum Gasteiger partial charge on any atom is -0.478 e. The zero-order valence-corrected chi connectivity index (χ0v) is 10.2. The van der Waals surface area contributed by atoms with Crippen LogP contribution in [-0.4, -0.2) is 38.5 Å². The van der Waals surface area contributed by atoms with E-state index in [4.69, 9.17) is 9.84 Å². The van der Waals surface area contributed by atoms with Gasteiger partial charge in [0, 0.05) is 6.61 Å². The van der Waals surface area contributed by atoms with Crippen LogP contribution in [0.5, 0.6) is 0 Å². The van der Waals surface area contributed by atoms with Crippen LogP contribution >= 0.6 is 0 Å². The van der Waals surface area contributed by atoms with E-state index in [-0.39, 0.29) is 22.8 Å². The largest absolute Gasteiger partial charge is 0.478 e. The van der Waals surface area contributed by atoms with Gasteiger partial charge >= 0.3 is 5.97 Å². The van der Waals surface area contributed by atoms with Crippen LogP contribution in [0.2, 0.25) is 0 Å². The van der Waals surface area contributed by atoms with Crippen molar-refractivity contribution in [3.63, 3.8) is 0 Å². The van der Waals surface area contributed by atoms with E-state index in [1.54, 1.807) is 6.92 Å². The molecule has 5 nitrogen and oxygen atoms in total. The third-order valence-electron chi connectivity index (χ3n) is 2.14. The summed E-state index contributed by atoms with van der Waals surface area (Å²) < 4.78 is 28.6. The molecule has 0 atom stereocenters. The Hall–Kier alpha value is -1.40. The van der Waals surface area contributed by atoms with Crippen molar-refractivity contribution in [3.8, 4) is 0 Å².